The largest absolute Gasteiger partial charge is 0.308 e. The molecule has 0 bridgehead atoms. The summed E-state index contributed by atoms with van der Waals surface area (Å²) in [7, 11) is 0. The molecule has 1 N–H and O–H groups in total. The van der Waals surface area contributed by atoms with E-state index in [1.54, 1.807) is 0 Å². The second-order valence-corrected chi connectivity index (χ2v) is 5.80. The van der Waals surface area contributed by atoms with Gasteiger partial charge in [-0.15, -0.1) is 0 Å². The number of nitrogens with zero attached hydrogens (tertiary/aromatic N) is 2. The number of nitrogens with one attached hydrogen (secondary N) is 1. The highest BCUT2D eigenvalue weighted by Gasteiger charge is 2.12. The lowest BCUT2D eigenvalue weighted by atomic mass is 10.3. The molecule has 17 heavy (non-hydrogen) atoms. The van der Waals surface area contributed by atoms with Gasteiger partial charge in [-0.05, 0) is 26.5 Å². The van der Waals surface area contributed by atoms with E-state index in [1.807, 2.05) is 23.4 Å². The summed E-state index contributed by atoms with van der Waals surface area (Å²) in [5.41, 5.74) is 2.01. The number of thioether (sulfide) groups is 1. The van der Waals surface area contributed by atoms with E-state index in [1.165, 1.54) is 5.75 Å². The summed E-state index contributed by atoms with van der Waals surface area (Å²) in [6.07, 6.45) is 0. The highest BCUT2D eigenvalue weighted by atomic mass is 35.5. The van der Waals surface area contributed by atoms with E-state index >= 15 is 0 Å². The van der Waals surface area contributed by atoms with Crippen molar-refractivity contribution in [2.24, 2.45) is 0 Å². The third-order valence-electron chi connectivity index (χ3n) is 2.64. The Morgan fingerprint density at radius 2 is 2.18 bits per heavy atom. The van der Waals surface area contributed by atoms with Crippen LogP contribution in [-0.4, -0.2) is 27.3 Å². The molecule has 1 rings (SSSR count). The van der Waals surface area contributed by atoms with Gasteiger partial charge in [0.2, 0.25) is 0 Å². The smallest absolute Gasteiger partial charge is 0.0860 e. The SMILES string of the molecule is CCSCC(C)NCc1c(Cl)c(C)nn1CC. The van der Waals surface area contributed by atoms with Crippen molar-refractivity contribution in [3.63, 3.8) is 0 Å². The van der Waals surface area contributed by atoms with Gasteiger partial charge < -0.3 is 5.32 Å². The normalized spacial score (nSPS) is 13.0. The number of aromatic nitrogens is 2. The minimum atomic E-state index is 0.497. The molecule has 0 aliphatic heterocycles. The molecule has 0 aromatic carbocycles. The van der Waals surface area contributed by atoms with Gasteiger partial charge >= 0.3 is 0 Å². The summed E-state index contributed by atoms with van der Waals surface area (Å²) in [5.74, 6) is 2.30. The Kier molecular flexibility index (Phi) is 6.38. The van der Waals surface area contributed by atoms with Crippen molar-refractivity contribution in [1.29, 1.82) is 0 Å². The van der Waals surface area contributed by atoms with Crippen molar-refractivity contribution < 1.29 is 0 Å². The van der Waals surface area contributed by atoms with Gasteiger partial charge in [0, 0.05) is 24.9 Å². The summed E-state index contributed by atoms with van der Waals surface area (Å²) in [4.78, 5) is 0. The van der Waals surface area contributed by atoms with Crippen molar-refractivity contribution in [3.8, 4) is 0 Å². The number of hydrogen-bond donors (Lipinski definition) is 1. The molecule has 0 aliphatic rings. The Morgan fingerprint density at radius 3 is 2.76 bits per heavy atom. The molecule has 1 atom stereocenters. The molecule has 0 saturated heterocycles. The fourth-order valence-electron chi connectivity index (χ4n) is 1.66. The molecule has 0 fully saturated rings. The van der Waals surface area contributed by atoms with E-state index in [0.717, 1.165) is 35.3 Å². The van der Waals surface area contributed by atoms with Gasteiger partial charge in [-0.1, -0.05) is 18.5 Å². The van der Waals surface area contributed by atoms with Crippen molar-refractivity contribution in [3.05, 3.63) is 16.4 Å². The topological polar surface area (TPSA) is 29.9 Å². The Labute approximate surface area is 113 Å². The lowest BCUT2D eigenvalue weighted by molar-refractivity contribution is 0.543. The van der Waals surface area contributed by atoms with Crippen LogP contribution in [0.2, 0.25) is 5.02 Å². The van der Waals surface area contributed by atoms with Crippen LogP contribution in [0.4, 0.5) is 0 Å². The molecule has 3 nitrogen and oxygen atoms in total. The monoisotopic (exact) mass is 275 g/mol. The number of aryl methyl sites for hydroxylation is 2. The molecule has 0 aliphatic carbocycles. The zero-order valence-electron chi connectivity index (χ0n) is 11.1. The fourth-order valence-corrected chi connectivity index (χ4v) is 2.57. The molecule has 1 unspecified atom stereocenters. The average molecular weight is 276 g/mol. The first-order chi connectivity index (χ1) is 8.10. The van der Waals surface area contributed by atoms with Crippen LogP contribution in [0, 0.1) is 6.92 Å². The van der Waals surface area contributed by atoms with Gasteiger partial charge in [-0.25, -0.2) is 0 Å². The molecule has 5 heteroatoms. The fraction of sp³-hybridized carbons (Fsp3) is 0.750. The lowest BCUT2D eigenvalue weighted by Gasteiger charge is -2.13. The van der Waals surface area contributed by atoms with Crippen LogP contribution in [0.1, 0.15) is 32.2 Å². The molecular weight excluding hydrogens is 254 g/mol. The first kappa shape index (κ1) is 14.9. The maximum Gasteiger partial charge on any atom is 0.0860 e. The second-order valence-electron chi connectivity index (χ2n) is 4.10. The van der Waals surface area contributed by atoms with Gasteiger partial charge in [0.15, 0.2) is 0 Å². The first-order valence-electron chi connectivity index (χ1n) is 6.13. The molecule has 1 aromatic rings. The molecule has 0 spiro atoms. The summed E-state index contributed by atoms with van der Waals surface area (Å²) in [6, 6.07) is 0.497. The molecule has 98 valence electrons. The van der Waals surface area contributed by atoms with E-state index in [-0.39, 0.29) is 0 Å². The van der Waals surface area contributed by atoms with Crippen molar-refractivity contribution in [1.82, 2.24) is 15.1 Å². The van der Waals surface area contributed by atoms with Crippen LogP contribution in [-0.2, 0) is 13.1 Å². The third-order valence-corrected chi connectivity index (χ3v) is 4.28. The Balaban J connectivity index is 2.56. The van der Waals surface area contributed by atoms with Crippen LogP contribution in [0.15, 0.2) is 0 Å². The highest BCUT2D eigenvalue weighted by molar-refractivity contribution is 7.99. The number of hydrogen-bond acceptors (Lipinski definition) is 3. The maximum atomic E-state index is 6.25. The van der Waals surface area contributed by atoms with Gasteiger partial charge in [0.25, 0.3) is 0 Å². The maximum absolute atomic E-state index is 6.25. The van der Waals surface area contributed by atoms with Gasteiger partial charge in [-0.3, -0.25) is 4.68 Å². The van der Waals surface area contributed by atoms with Crippen LogP contribution in [0.25, 0.3) is 0 Å². The second kappa shape index (κ2) is 7.29. The summed E-state index contributed by atoms with van der Waals surface area (Å²) in [6.45, 7) is 10.1. The first-order valence-corrected chi connectivity index (χ1v) is 7.66. The van der Waals surface area contributed by atoms with Crippen molar-refractivity contribution in [2.45, 2.75) is 46.8 Å². The van der Waals surface area contributed by atoms with Crippen LogP contribution in [0.5, 0.6) is 0 Å². The Hall–Kier alpha value is -0.190. The van der Waals surface area contributed by atoms with Crippen molar-refractivity contribution in [2.75, 3.05) is 11.5 Å². The zero-order chi connectivity index (χ0) is 12.8. The van der Waals surface area contributed by atoms with Crippen LogP contribution in [0.3, 0.4) is 0 Å². The minimum absolute atomic E-state index is 0.497. The summed E-state index contributed by atoms with van der Waals surface area (Å²) in [5, 5.41) is 8.71. The van der Waals surface area contributed by atoms with E-state index in [4.69, 9.17) is 11.6 Å². The average Bonchev–Trinajstić information content (AvgIpc) is 2.60. The molecule has 1 heterocycles. The Morgan fingerprint density at radius 1 is 1.47 bits per heavy atom. The number of halogens is 1. The standard InChI is InChI=1S/C12H22ClN3S/c1-5-16-11(12(13)10(4)15-16)7-14-9(3)8-17-6-2/h9,14H,5-8H2,1-4H3. The van der Waals surface area contributed by atoms with E-state index in [9.17, 15) is 0 Å². The zero-order valence-corrected chi connectivity index (χ0v) is 12.7. The predicted molar refractivity (Wildman–Crippen MR) is 76.9 cm³/mol. The molecular formula is C12H22ClN3S. The number of rotatable bonds is 7. The molecule has 1 aromatic heterocycles. The highest BCUT2D eigenvalue weighted by Crippen LogP contribution is 2.20. The van der Waals surface area contributed by atoms with E-state index in [0.29, 0.717) is 6.04 Å². The van der Waals surface area contributed by atoms with E-state index in [2.05, 4.69) is 31.2 Å². The Bertz CT molecular complexity index is 352. The quantitative estimate of drug-likeness (QED) is 0.829. The van der Waals surface area contributed by atoms with Crippen LogP contribution < -0.4 is 5.32 Å². The van der Waals surface area contributed by atoms with Gasteiger partial charge in [0.1, 0.15) is 0 Å². The molecule has 0 radical (unpaired) electrons. The van der Waals surface area contributed by atoms with Crippen LogP contribution >= 0.6 is 23.4 Å². The lowest BCUT2D eigenvalue weighted by Crippen LogP contribution is -2.29. The summed E-state index contributed by atoms with van der Waals surface area (Å²) >= 11 is 8.20. The van der Waals surface area contributed by atoms with Crippen molar-refractivity contribution >= 4 is 23.4 Å². The molecule has 0 saturated carbocycles. The summed E-state index contributed by atoms with van der Waals surface area (Å²) < 4.78 is 1.98. The van der Waals surface area contributed by atoms with Gasteiger partial charge in [-0.2, -0.15) is 16.9 Å². The minimum Gasteiger partial charge on any atom is -0.308 e. The van der Waals surface area contributed by atoms with Gasteiger partial charge in [0.05, 0.1) is 16.4 Å². The molecule has 0 amide bonds. The predicted octanol–water partition coefficient (Wildman–Crippen LogP) is 3.10. The third kappa shape index (κ3) is 4.19. The van der Waals surface area contributed by atoms with E-state index < -0.39 is 0 Å².